The molecule has 0 aliphatic carbocycles. The summed E-state index contributed by atoms with van der Waals surface area (Å²) in [4.78, 5) is 23.5. The Labute approximate surface area is 291 Å². The zero-order chi connectivity index (χ0) is 36.5. The van der Waals surface area contributed by atoms with Gasteiger partial charge in [0.2, 0.25) is 10.0 Å². The zero-order valence-electron chi connectivity index (χ0n) is 26.5. The van der Waals surface area contributed by atoms with Crippen LogP contribution in [0.3, 0.4) is 0 Å². The summed E-state index contributed by atoms with van der Waals surface area (Å²) in [6.07, 6.45) is 0. The Kier molecular flexibility index (Phi) is 9.27. The molecule has 260 valence electrons. The van der Waals surface area contributed by atoms with Gasteiger partial charge in [-0.2, -0.15) is 4.31 Å². The molecule has 6 rings (SSSR count). The van der Waals surface area contributed by atoms with Crippen molar-refractivity contribution in [1.82, 2.24) is 4.31 Å². The van der Waals surface area contributed by atoms with Crippen molar-refractivity contribution in [2.45, 2.75) is 9.79 Å². The van der Waals surface area contributed by atoms with Crippen molar-refractivity contribution < 1.29 is 51.2 Å². The first kappa shape index (κ1) is 34.7. The van der Waals surface area contributed by atoms with E-state index in [4.69, 9.17) is 9.47 Å². The van der Waals surface area contributed by atoms with Crippen LogP contribution in [0.25, 0.3) is 21.5 Å². The van der Waals surface area contributed by atoms with Gasteiger partial charge >= 0.3 is 11.9 Å². The maximum absolute atomic E-state index is 13.8. The molecule has 0 atom stereocenters. The number of phenols is 1. The number of aromatic carboxylic acids is 2. The van der Waals surface area contributed by atoms with Crippen LogP contribution in [0.5, 0.6) is 23.0 Å². The van der Waals surface area contributed by atoms with Gasteiger partial charge in [-0.1, -0.05) is 66.7 Å². The predicted octanol–water partition coefficient (Wildman–Crippen LogP) is 6.35. The maximum atomic E-state index is 13.8. The first-order valence-corrected chi connectivity index (χ1v) is 17.9. The Balaban J connectivity index is 1.32. The number of sulfonamides is 2. The summed E-state index contributed by atoms with van der Waals surface area (Å²) in [5.41, 5.74) is -1.02. The monoisotopic (exact) mass is 728 g/mol. The number of anilines is 1. The molecule has 0 spiro atoms. The van der Waals surface area contributed by atoms with E-state index in [2.05, 4.69) is 4.72 Å². The fourth-order valence-electron chi connectivity index (χ4n) is 5.37. The molecule has 0 radical (unpaired) electrons. The smallest absolute Gasteiger partial charge is 0.339 e. The lowest BCUT2D eigenvalue weighted by Gasteiger charge is -2.22. The van der Waals surface area contributed by atoms with E-state index in [0.29, 0.717) is 11.5 Å². The van der Waals surface area contributed by atoms with E-state index in [1.165, 1.54) is 54.6 Å². The SMILES string of the molecule is CN(COc1c(C(=O)O)cc(S(=O)(=O)Nc2ccc(Oc3ccccc3)cc2)c2ccccc12)S(=O)(=O)c1cc(C(=O)O)c(O)c2ccccc12. The Hall–Kier alpha value is -6.16. The molecule has 0 fully saturated rings. The first-order chi connectivity index (χ1) is 24.3. The number of fused-ring (bicyclic) bond motifs is 2. The van der Waals surface area contributed by atoms with Gasteiger partial charge in [0.05, 0.1) is 9.79 Å². The van der Waals surface area contributed by atoms with Crippen LogP contribution < -0.4 is 14.2 Å². The van der Waals surface area contributed by atoms with Crippen molar-refractivity contribution in [3.05, 3.63) is 126 Å². The molecule has 0 aromatic heterocycles. The topological polar surface area (TPSA) is 197 Å². The highest BCUT2D eigenvalue weighted by atomic mass is 32.2. The fourth-order valence-corrected chi connectivity index (χ4v) is 7.92. The predicted molar refractivity (Wildman–Crippen MR) is 188 cm³/mol. The molecule has 0 heterocycles. The van der Waals surface area contributed by atoms with E-state index in [0.717, 1.165) is 23.5 Å². The summed E-state index contributed by atoms with van der Waals surface area (Å²) in [6.45, 7) is -0.758. The molecule has 0 saturated carbocycles. The number of carboxylic acid groups (broad SMARTS) is 2. The molecule has 6 aromatic carbocycles. The largest absolute Gasteiger partial charge is 0.506 e. The van der Waals surface area contributed by atoms with E-state index in [1.807, 2.05) is 18.2 Å². The normalized spacial score (nSPS) is 11.8. The molecule has 0 aliphatic rings. The standard InChI is InChI=1S/C36H28N2O11S2/c1-38(51(46,47)32-19-29(35(40)41)33(39)27-13-7-5-11-25(27)32)21-48-34-28-14-8-6-12-26(28)31(20-30(34)36(42)43)50(44,45)37-22-15-17-24(18-16-22)49-23-9-3-2-4-10-23/h2-20,37,39H,21H2,1H3,(H,40,41)(H,42,43). The Morgan fingerprint density at radius 2 is 1.18 bits per heavy atom. The summed E-state index contributed by atoms with van der Waals surface area (Å²) in [5.74, 6) is -2.96. The van der Waals surface area contributed by atoms with Gasteiger partial charge in [-0.05, 0) is 48.5 Å². The van der Waals surface area contributed by atoms with E-state index in [9.17, 15) is 41.7 Å². The van der Waals surface area contributed by atoms with Gasteiger partial charge in [-0.25, -0.2) is 26.4 Å². The number of nitrogens with zero attached hydrogens (tertiary/aromatic N) is 1. The number of rotatable bonds is 12. The van der Waals surface area contributed by atoms with Gasteiger partial charge in [-0.3, -0.25) is 4.72 Å². The van der Waals surface area contributed by atoms with E-state index in [-0.39, 0.29) is 37.9 Å². The third kappa shape index (κ3) is 6.85. The van der Waals surface area contributed by atoms with Crippen molar-refractivity contribution in [2.24, 2.45) is 0 Å². The number of carbonyl (C=O) groups is 2. The third-order valence-corrected chi connectivity index (χ3v) is 11.1. The minimum absolute atomic E-state index is 0.00804. The lowest BCUT2D eigenvalue weighted by Crippen LogP contribution is -2.31. The number of ether oxygens (including phenoxy) is 2. The molecule has 4 N–H and O–H groups in total. The van der Waals surface area contributed by atoms with Crippen molar-refractivity contribution >= 4 is 59.2 Å². The Morgan fingerprint density at radius 1 is 0.667 bits per heavy atom. The number of nitrogens with one attached hydrogen (secondary N) is 1. The number of benzene rings is 6. The molecule has 15 heteroatoms. The van der Waals surface area contributed by atoms with Gasteiger partial charge in [0.25, 0.3) is 10.0 Å². The quantitative estimate of drug-likeness (QED) is 0.103. The maximum Gasteiger partial charge on any atom is 0.339 e. The number of hydrogen-bond donors (Lipinski definition) is 4. The molecule has 6 aromatic rings. The molecule has 0 aliphatic heterocycles. The van der Waals surface area contributed by atoms with Crippen molar-refractivity contribution in [3.8, 4) is 23.0 Å². The molecule has 0 bridgehead atoms. The Morgan fingerprint density at radius 3 is 1.78 bits per heavy atom. The number of aromatic hydroxyl groups is 1. The zero-order valence-corrected chi connectivity index (χ0v) is 28.2. The van der Waals surface area contributed by atoms with E-state index in [1.54, 1.807) is 30.3 Å². The number of carboxylic acids is 2. The molecule has 0 amide bonds. The van der Waals surface area contributed by atoms with Crippen LogP contribution in [-0.2, 0) is 20.0 Å². The lowest BCUT2D eigenvalue weighted by molar-refractivity contribution is 0.0681. The van der Waals surface area contributed by atoms with Crippen LogP contribution in [0.2, 0.25) is 0 Å². The second kappa shape index (κ2) is 13.6. The third-order valence-electron chi connectivity index (χ3n) is 7.85. The average molecular weight is 729 g/mol. The highest BCUT2D eigenvalue weighted by Gasteiger charge is 2.30. The van der Waals surface area contributed by atoms with Gasteiger partial charge < -0.3 is 24.8 Å². The van der Waals surface area contributed by atoms with Gasteiger partial charge in [0.15, 0.2) is 6.73 Å². The van der Waals surface area contributed by atoms with Crippen LogP contribution in [0, 0.1) is 0 Å². The molecular formula is C36H28N2O11S2. The minimum Gasteiger partial charge on any atom is -0.506 e. The highest BCUT2D eigenvalue weighted by molar-refractivity contribution is 7.93. The summed E-state index contributed by atoms with van der Waals surface area (Å²) in [7, 11) is -7.77. The van der Waals surface area contributed by atoms with Gasteiger partial charge in [-0.15, -0.1) is 0 Å². The minimum atomic E-state index is -4.51. The van der Waals surface area contributed by atoms with Crippen LogP contribution >= 0.6 is 0 Å². The average Bonchev–Trinajstić information content (AvgIpc) is 3.11. The second-order valence-corrected chi connectivity index (χ2v) is 14.8. The fraction of sp³-hybridized carbons (Fsp3) is 0.0556. The van der Waals surface area contributed by atoms with Crippen LogP contribution in [-0.4, -0.2) is 62.2 Å². The molecule has 0 saturated heterocycles. The molecule has 13 nitrogen and oxygen atoms in total. The number of para-hydroxylation sites is 1. The van der Waals surface area contributed by atoms with Crippen LogP contribution in [0.15, 0.2) is 125 Å². The van der Waals surface area contributed by atoms with E-state index >= 15 is 0 Å². The summed E-state index contributed by atoms with van der Waals surface area (Å²) >= 11 is 0. The molecule has 0 unspecified atom stereocenters. The second-order valence-electron chi connectivity index (χ2n) is 11.1. The van der Waals surface area contributed by atoms with E-state index < -0.39 is 60.5 Å². The summed E-state index contributed by atoms with van der Waals surface area (Å²) in [6, 6.07) is 28.6. The highest BCUT2D eigenvalue weighted by Crippen LogP contribution is 2.38. The van der Waals surface area contributed by atoms with Crippen molar-refractivity contribution in [3.63, 3.8) is 0 Å². The molecule has 51 heavy (non-hydrogen) atoms. The molecular weight excluding hydrogens is 701 g/mol. The van der Waals surface area contributed by atoms with Crippen LogP contribution in [0.4, 0.5) is 5.69 Å². The van der Waals surface area contributed by atoms with Gasteiger partial charge in [0.1, 0.15) is 34.1 Å². The number of hydrogen-bond acceptors (Lipinski definition) is 9. The summed E-state index contributed by atoms with van der Waals surface area (Å²) < 4.78 is 69.7. The first-order valence-electron chi connectivity index (χ1n) is 15.0. The van der Waals surface area contributed by atoms with Gasteiger partial charge in [0, 0.05) is 34.3 Å². The summed E-state index contributed by atoms with van der Waals surface area (Å²) in [5, 5.41) is 30.5. The van der Waals surface area contributed by atoms with Crippen LogP contribution in [0.1, 0.15) is 20.7 Å². The van der Waals surface area contributed by atoms with Crippen molar-refractivity contribution in [1.29, 1.82) is 0 Å². The van der Waals surface area contributed by atoms with Crippen molar-refractivity contribution in [2.75, 3.05) is 18.5 Å². The Bertz CT molecular complexity index is 2540. The lowest BCUT2D eigenvalue weighted by atomic mass is 10.1.